The number of anilines is 1. The number of hydrogen-bond acceptors (Lipinski definition) is 3. The Balaban J connectivity index is 2.01. The third kappa shape index (κ3) is 3.06. The summed E-state index contributed by atoms with van der Waals surface area (Å²) in [4.78, 5) is 4.43. The second kappa shape index (κ2) is 6.07. The molecule has 0 aliphatic heterocycles. The fourth-order valence-electron chi connectivity index (χ4n) is 2.14. The molecule has 0 radical (unpaired) electrons. The summed E-state index contributed by atoms with van der Waals surface area (Å²) in [7, 11) is 1.97. The van der Waals surface area contributed by atoms with E-state index >= 15 is 0 Å². The number of halogens is 2. The maximum atomic E-state index is 5.57. The first-order chi connectivity index (χ1) is 10.1. The van der Waals surface area contributed by atoms with Crippen LogP contribution >= 0.6 is 31.9 Å². The van der Waals surface area contributed by atoms with Gasteiger partial charge in [-0.25, -0.2) is 4.98 Å². The first-order valence-electron chi connectivity index (χ1n) is 6.37. The molecule has 3 aromatic rings. The fraction of sp³-hybridized carbons (Fsp3) is 0.133. The molecule has 3 rings (SSSR count). The van der Waals surface area contributed by atoms with Crippen LogP contribution in [0.5, 0.6) is 0 Å². The molecule has 2 aromatic heterocycles. The molecule has 108 valence electrons. The smallest absolute Gasteiger partial charge is 0.143 e. The number of furan rings is 1. The monoisotopic (exact) mass is 409 g/mol. The molecule has 0 saturated heterocycles. The Labute approximate surface area is 139 Å². The van der Waals surface area contributed by atoms with E-state index in [4.69, 9.17) is 4.42 Å². The molecule has 21 heavy (non-hydrogen) atoms. The molecule has 1 aromatic carbocycles. The van der Waals surface area contributed by atoms with Crippen molar-refractivity contribution < 1.29 is 4.42 Å². The summed E-state index contributed by atoms with van der Waals surface area (Å²) in [6, 6.07) is 9.65. The van der Waals surface area contributed by atoms with Gasteiger partial charge in [0.05, 0.1) is 12.0 Å². The van der Waals surface area contributed by atoms with Crippen molar-refractivity contribution in [2.45, 2.75) is 6.04 Å². The van der Waals surface area contributed by atoms with Gasteiger partial charge in [0.25, 0.3) is 0 Å². The third-order valence-corrected chi connectivity index (χ3v) is 4.36. The summed E-state index contributed by atoms with van der Waals surface area (Å²) in [6.07, 6.45) is 5.37. The summed E-state index contributed by atoms with van der Waals surface area (Å²) in [5, 5.41) is 3.48. The number of aryl methyl sites for hydroxylation is 1. The first-order valence-corrected chi connectivity index (χ1v) is 7.96. The van der Waals surface area contributed by atoms with Crippen LogP contribution in [0.4, 0.5) is 5.69 Å². The average molecular weight is 411 g/mol. The summed E-state index contributed by atoms with van der Waals surface area (Å²) in [5.74, 6) is 1.70. The van der Waals surface area contributed by atoms with Crippen LogP contribution in [0.2, 0.25) is 0 Å². The molecule has 1 N–H and O–H groups in total. The second-order valence-corrected chi connectivity index (χ2v) is 6.38. The highest BCUT2D eigenvalue weighted by Crippen LogP contribution is 2.32. The minimum atomic E-state index is -0.161. The Morgan fingerprint density at radius 2 is 2.14 bits per heavy atom. The number of nitrogens with zero attached hydrogens (tertiary/aromatic N) is 2. The predicted octanol–water partition coefficient (Wildman–Crippen LogP) is 4.74. The van der Waals surface area contributed by atoms with Crippen molar-refractivity contribution in [1.82, 2.24) is 9.55 Å². The van der Waals surface area contributed by atoms with Gasteiger partial charge in [0, 0.05) is 28.4 Å². The van der Waals surface area contributed by atoms with Gasteiger partial charge in [-0.15, -0.1) is 0 Å². The van der Waals surface area contributed by atoms with E-state index in [1.807, 2.05) is 48.1 Å². The van der Waals surface area contributed by atoms with Crippen molar-refractivity contribution in [2.75, 3.05) is 5.32 Å². The lowest BCUT2D eigenvalue weighted by Crippen LogP contribution is -2.16. The van der Waals surface area contributed by atoms with Crippen molar-refractivity contribution in [1.29, 1.82) is 0 Å². The van der Waals surface area contributed by atoms with Gasteiger partial charge in [-0.05, 0) is 46.3 Å². The minimum Gasteiger partial charge on any atom is -0.467 e. The molecule has 0 fully saturated rings. The van der Waals surface area contributed by atoms with Gasteiger partial charge in [-0.3, -0.25) is 0 Å². The topological polar surface area (TPSA) is 43.0 Å². The van der Waals surface area contributed by atoms with E-state index in [-0.39, 0.29) is 6.04 Å². The summed E-state index contributed by atoms with van der Waals surface area (Å²) >= 11 is 7.06. The Morgan fingerprint density at radius 3 is 2.81 bits per heavy atom. The van der Waals surface area contributed by atoms with Gasteiger partial charge in [0.15, 0.2) is 0 Å². The molecule has 0 spiro atoms. The first kappa shape index (κ1) is 14.4. The summed E-state index contributed by atoms with van der Waals surface area (Å²) in [5.41, 5.74) is 0.966. The van der Waals surface area contributed by atoms with Crippen molar-refractivity contribution >= 4 is 37.5 Å². The molecule has 0 amide bonds. The van der Waals surface area contributed by atoms with Crippen LogP contribution in [0, 0.1) is 0 Å². The van der Waals surface area contributed by atoms with Crippen LogP contribution in [0.25, 0.3) is 0 Å². The van der Waals surface area contributed by atoms with Crippen LogP contribution < -0.4 is 5.32 Å². The number of imidazole rings is 1. The van der Waals surface area contributed by atoms with E-state index in [0.29, 0.717) is 0 Å². The summed E-state index contributed by atoms with van der Waals surface area (Å²) < 4.78 is 9.54. The van der Waals surface area contributed by atoms with Crippen LogP contribution in [0.3, 0.4) is 0 Å². The van der Waals surface area contributed by atoms with E-state index in [1.54, 1.807) is 12.5 Å². The van der Waals surface area contributed by atoms with Crippen molar-refractivity contribution in [3.05, 3.63) is 69.5 Å². The van der Waals surface area contributed by atoms with E-state index in [9.17, 15) is 0 Å². The Kier molecular flexibility index (Phi) is 4.17. The highest BCUT2D eigenvalue weighted by molar-refractivity contribution is 9.11. The third-order valence-electron chi connectivity index (χ3n) is 3.17. The lowest BCUT2D eigenvalue weighted by atomic mass is 10.2. The number of hydrogen-bond donors (Lipinski definition) is 1. The van der Waals surface area contributed by atoms with Gasteiger partial charge in [0.2, 0.25) is 0 Å². The van der Waals surface area contributed by atoms with Gasteiger partial charge >= 0.3 is 0 Å². The number of nitrogens with one attached hydrogen (secondary N) is 1. The average Bonchev–Trinajstić information content (AvgIpc) is 3.11. The van der Waals surface area contributed by atoms with Crippen molar-refractivity contribution in [3.63, 3.8) is 0 Å². The predicted molar refractivity (Wildman–Crippen MR) is 89.2 cm³/mol. The molecule has 0 aliphatic carbocycles. The zero-order valence-corrected chi connectivity index (χ0v) is 14.4. The molecular weight excluding hydrogens is 398 g/mol. The van der Waals surface area contributed by atoms with Gasteiger partial charge in [0.1, 0.15) is 17.6 Å². The molecule has 1 unspecified atom stereocenters. The molecule has 0 aliphatic rings. The molecule has 0 saturated carbocycles. The SMILES string of the molecule is Cn1ccnc1C(Nc1cc(Br)ccc1Br)c1ccco1. The van der Waals surface area contributed by atoms with E-state index in [0.717, 1.165) is 26.2 Å². The van der Waals surface area contributed by atoms with E-state index < -0.39 is 0 Å². The second-order valence-electron chi connectivity index (χ2n) is 4.61. The van der Waals surface area contributed by atoms with Crippen molar-refractivity contribution in [2.24, 2.45) is 7.05 Å². The quantitative estimate of drug-likeness (QED) is 0.675. The van der Waals surface area contributed by atoms with Crippen LogP contribution in [-0.2, 0) is 7.05 Å². The molecule has 1 atom stereocenters. The van der Waals surface area contributed by atoms with Crippen molar-refractivity contribution in [3.8, 4) is 0 Å². The van der Waals surface area contributed by atoms with Crippen LogP contribution in [-0.4, -0.2) is 9.55 Å². The van der Waals surface area contributed by atoms with Gasteiger partial charge < -0.3 is 14.3 Å². The zero-order valence-electron chi connectivity index (χ0n) is 11.3. The highest BCUT2D eigenvalue weighted by Gasteiger charge is 2.21. The maximum absolute atomic E-state index is 5.57. The van der Waals surface area contributed by atoms with Gasteiger partial charge in [-0.1, -0.05) is 15.9 Å². The lowest BCUT2D eigenvalue weighted by Gasteiger charge is -2.19. The number of aromatic nitrogens is 2. The fourth-order valence-corrected chi connectivity index (χ4v) is 2.86. The zero-order chi connectivity index (χ0) is 14.8. The summed E-state index contributed by atoms with van der Waals surface area (Å²) in [6.45, 7) is 0. The van der Waals surface area contributed by atoms with Crippen LogP contribution in [0.15, 0.2) is 62.4 Å². The lowest BCUT2D eigenvalue weighted by molar-refractivity contribution is 0.488. The number of benzene rings is 1. The molecule has 0 bridgehead atoms. The molecule has 4 nitrogen and oxygen atoms in total. The molecule has 2 heterocycles. The Bertz CT molecular complexity index is 737. The van der Waals surface area contributed by atoms with E-state index in [1.165, 1.54) is 0 Å². The number of rotatable bonds is 4. The standard InChI is InChI=1S/C15H13Br2N3O/c1-20-7-6-18-15(20)14(13-3-2-8-21-13)19-12-9-10(16)4-5-11(12)17/h2-9,14,19H,1H3. The maximum Gasteiger partial charge on any atom is 0.143 e. The van der Waals surface area contributed by atoms with E-state index in [2.05, 4.69) is 42.2 Å². The largest absolute Gasteiger partial charge is 0.467 e. The molecule has 6 heteroatoms. The Morgan fingerprint density at radius 1 is 1.29 bits per heavy atom. The Hall–Kier alpha value is -1.53. The minimum absolute atomic E-state index is 0.161. The molecular formula is C15H13Br2N3O. The van der Waals surface area contributed by atoms with Gasteiger partial charge in [-0.2, -0.15) is 0 Å². The highest BCUT2D eigenvalue weighted by atomic mass is 79.9. The normalized spacial score (nSPS) is 12.3. The van der Waals surface area contributed by atoms with Crippen LogP contribution in [0.1, 0.15) is 17.6 Å².